The Hall–Kier alpha value is -3.25. The number of rotatable bonds is 13. The number of ether oxygens (including phenoxy) is 4. The molecule has 0 bridgehead atoms. The van der Waals surface area contributed by atoms with Gasteiger partial charge in [-0.05, 0) is 77.6 Å². The lowest BCUT2D eigenvalue weighted by atomic mass is 9.92. The van der Waals surface area contributed by atoms with Crippen LogP contribution in [-0.4, -0.2) is 58.1 Å². The van der Waals surface area contributed by atoms with Gasteiger partial charge >= 0.3 is 5.97 Å². The molecule has 3 aromatic rings. The molecule has 0 spiro atoms. The molecular weight excluding hydrogens is 595 g/mol. The number of halogens is 1. The molecule has 0 aliphatic carbocycles. The fourth-order valence-corrected chi connectivity index (χ4v) is 5.39. The van der Waals surface area contributed by atoms with Gasteiger partial charge < -0.3 is 23.8 Å². The van der Waals surface area contributed by atoms with E-state index in [0.29, 0.717) is 47.9 Å². The number of esters is 1. The van der Waals surface area contributed by atoms with E-state index < -0.39 is 17.7 Å². The number of benzene rings is 1. The molecular formula is C34H47FN4O5S. The van der Waals surface area contributed by atoms with Crippen LogP contribution >= 0.6 is 13.5 Å². The van der Waals surface area contributed by atoms with Crippen molar-refractivity contribution in [2.75, 3.05) is 31.2 Å². The van der Waals surface area contributed by atoms with Gasteiger partial charge in [-0.25, -0.2) is 14.2 Å². The van der Waals surface area contributed by atoms with E-state index in [1.54, 1.807) is 29.7 Å². The number of hydrogen-bond donors (Lipinski definition) is 0. The van der Waals surface area contributed by atoms with E-state index in [1.807, 2.05) is 33.8 Å². The van der Waals surface area contributed by atoms with Crippen molar-refractivity contribution in [2.45, 2.75) is 84.9 Å². The van der Waals surface area contributed by atoms with Crippen molar-refractivity contribution < 1.29 is 28.1 Å². The highest BCUT2D eigenvalue weighted by Crippen LogP contribution is 2.38. The summed E-state index contributed by atoms with van der Waals surface area (Å²) in [7, 11) is 0. The third kappa shape index (κ3) is 8.94. The third-order valence-corrected chi connectivity index (χ3v) is 7.59. The summed E-state index contributed by atoms with van der Waals surface area (Å²) in [5, 5.41) is 4.90. The predicted molar refractivity (Wildman–Crippen MR) is 179 cm³/mol. The van der Waals surface area contributed by atoms with Crippen molar-refractivity contribution in [2.24, 2.45) is 0 Å². The summed E-state index contributed by atoms with van der Waals surface area (Å²) in [6, 6.07) is 6.41. The number of carbonyl (C=O) groups is 1. The zero-order valence-corrected chi connectivity index (χ0v) is 28.3. The van der Waals surface area contributed by atoms with E-state index in [0.717, 1.165) is 24.2 Å². The Morgan fingerprint density at radius 3 is 2.51 bits per heavy atom. The minimum Gasteiger partial charge on any atom is -0.464 e. The highest BCUT2D eigenvalue weighted by Gasteiger charge is 2.38. The number of aromatic nitrogens is 3. The first-order valence-corrected chi connectivity index (χ1v) is 15.1. The summed E-state index contributed by atoms with van der Waals surface area (Å²) in [5.41, 5.74) is 3.15. The standard InChI is InChI=1S/C34H45FN4O5.H2S/c1-9-18-43-34(8)14-16-38(17-15-34)31-29(30(32(40)42-11-3)44-33(5,6)7)23(4)36-28-20-27(37-39(28)31)22-41-21-25-12-13-26(35)19-24(25)10-2;/h9-10,12-13,19-20,30H,1-2,11,14-18,21-22H2,3-8H3;1H2/t30-;/m0./s1. The van der Waals surface area contributed by atoms with E-state index in [2.05, 4.69) is 25.0 Å². The fraction of sp³-hybridized carbons (Fsp3) is 0.500. The maximum Gasteiger partial charge on any atom is 0.340 e. The molecule has 0 N–H and O–H groups in total. The summed E-state index contributed by atoms with van der Waals surface area (Å²) in [4.78, 5) is 20.5. The molecule has 0 radical (unpaired) electrons. The molecule has 246 valence electrons. The number of anilines is 1. The second kappa shape index (κ2) is 15.4. The summed E-state index contributed by atoms with van der Waals surface area (Å²) in [6.45, 7) is 21.6. The zero-order chi connectivity index (χ0) is 32.1. The molecule has 1 aliphatic heterocycles. The Labute approximate surface area is 272 Å². The first-order valence-electron chi connectivity index (χ1n) is 15.1. The van der Waals surface area contributed by atoms with E-state index >= 15 is 0 Å². The molecule has 45 heavy (non-hydrogen) atoms. The van der Waals surface area contributed by atoms with E-state index in [4.69, 9.17) is 29.0 Å². The highest BCUT2D eigenvalue weighted by atomic mass is 32.1. The topological polar surface area (TPSA) is 87.4 Å². The van der Waals surface area contributed by atoms with Crippen LogP contribution in [0.1, 0.15) is 81.6 Å². The van der Waals surface area contributed by atoms with Gasteiger partial charge in [0.2, 0.25) is 0 Å². The van der Waals surface area contributed by atoms with Crippen molar-refractivity contribution >= 4 is 37.0 Å². The Morgan fingerprint density at radius 1 is 1.18 bits per heavy atom. The molecule has 0 saturated carbocycles. The van der Waals surface area contributed by atoms with E-state index in [9.17, 15) is 9.18 Å². The zero-order valence-electron chi connectivity index (χ0n) is 27.3. The van der Waals surface area contributed by atoms with Crippen LogP contribution < -0.4 is 4.90 Å². The molecule has 1 atom stereocenters. The molecule has 0 unspecified atom stereocenters. The quantitative estimate of drug-likeness (QED) is 0.152. The molecule has 1 aliphatic rings. The average molecular weight is 643 g/mol. The lowest BCUT2D eigenvalue weighted by Crippen LogP contribution is -2.45. The number of nitrogens with zero attached hydrogens (tertiary/aromatic N) is 4. The van der Waals surface area contributed by atoms with Gasteiger partial charge in [0.25, 0.3) is 0 Å². The number of piperidine rings is 1. The van der Waals surface area contributed by atoms with Gasteiger partial charge in [-0.3, -0.25) is 0 Å². The summed E-state index contributed by atoms with van der Waals surface area (Å²) < 4.78 is 39.4. The van der Waals surface area contributed by atoms with Gasteiger partial charge in [0.15, 0.2) is 11.8 Å². The van der Waals surface area contributed by atoms with Crippen LogP contribution in [0, 0.1) is 12.7 Å². The predicted octanol–water partition coefficient (Wildman–Crippen LogP) is 6.63. The van der Waals surface area contributed by atoms with Gasteiger partial charge in [0, 0.05) is 24.8 Å². The molecule has 1 saturated heterocycles. The number of hydrogen-bond acceptors (Lipinski definition) is 8. The van der Waals surface area contributed by atoms with Crippen LogP contribution in [0.15, 0.2) is 43.5 Å². The van der Waals surface area contributed by atoms with Crippen molar-refractivity contribution in [3.63, 3.8) is 0 Å². The largest absolute Gasteiger partial charge is 0.464 e. The summed E-state index contributed by atoms with van der Waals surface area (Å²) >= 11 is 0. The Bertz CT molecular complexity index is 1490. The molecule has 1 aromatic carbocycles. The van der Waals surface area contributed by atoms with Gasteiger partial charge in [0.05, 0.1) is 48.9 Å². The Balaban J connectivity index is 0.00000552. The number of fused-ring (bicyclic) bond motifs is 1. The van der Waals surface area contributed by atoms with E-state index in [1.165, 1.54) is 12.1 Å². The van der Waals surface area contributed by atoms with Crippen molar-refractivity contribution in [1.29, 1.82) is 0 Å². The minimum absolute atomic E-state index is 0. The first-order chi connectivity index (χ1) is 20.9. The van der Waals surface area contributed by atoms with Crippen LogP contribution in [0.5, 0.6) is 0 Å². The number of aryl methyl sites for hydroxylation is 1. The molecule has 0 amide bonds. The number of carbonyl (C=O) groups excluding carboxylic acids is 1. The van der Waals surface area contributed by atoms with Gasteiger partial charge in [-0.1, -0.05) is 24.8 Å². The maximum atomic E-state index is 13.7. The van der Waals surface area contributed by atoms with Crippen LogP contribution in [0.3, 0.4) is 0 Å². The SMILES string of the molecule is C=CCOC1(C)CCN(c2c([C@H](OC(C)(C)C)C(=O)OCC)c(C)nc3cc(COCc4ccc(F)cc4C=C)nn23)CC1.S. The van der Waals surface area contributed by atoms with Gasteiger partial charge in [-0.15, -0.1) is 6.58 Å². The summed E-state index contributed by atoms with van der Waals surface area (Å²) in [6.07, 6.45) is 3.91. The van der Waals surface area contributed by atoms with Crippen LogP contribution in [0.4, 0.5) is 10.2 Å². The van der Waals surface area contributed by atoms with E-state index in [-0.39, 0.29) is 44.7 Å². The molecule has 9 nitrogen and oxygen atoms in total. The van der Waals surface area contributed by atoms with Crippen LogP contribution in [-0.2, 0) is 37.0 Å². The molecule has 4 rings (SSSR count). The van der Waals surface area contributed by atoms with Gasteiger partial charge in [0.1, 0.15) is 11.6 Å². The Morgan fingerprint density at radius 2 is 1.89 bits per heavy atom. The van der Waals surface area contributed by atoms with Crippen LogP contribution in [0.25, 0.3) is 11.7 Å². The summed E-state index contributed by atoms with van der Waals surface area (Å²) in [5.74, 6) is -0.0629. The second-order valence-corrected chi connectivity index (χ2v) is 12.3. The normalized spacial score (nSPS) is 15.4. The second-order valence-electron chi connectivity index (χ2n) is 12.3. The first kappa shape index (κ1) is 36.2. The lowest BCUT2D eigenvalue weighted by molar-refractivity contribution is -0.166. The molecule has 11 heteroatoms. The lowest BCUT2D eigenvalue weighted by Gasteiger charge is -2.41. The molecule has 2 aromatic heterocycles. The van der Waals surface area contributed by atoms with Crippen LogP contribution in [0.2, 0.25) is 0 Å². The maximum absolute atomic E-state index is 13.7. The van der Waals surface area contributed by atoms with Crippen molar-refractivity contribution in [3.05, 3.63) is 77.4 Å². The third-order valence-electron chi connectivity index (χ3n) is 7.59. The Kier molecular flexibility index (Phi) is 12.4. The smallest absolute Gasteiger partial charge is 0.340 e. The monoisotopic (exact) mass is 642 g/mol. The minimum atomic E-state index is -1.01. The fourth-order valence-electron chi connectivity index (χ4n) is 5.39. The average Bonchev–Trinajstić information content (AvgIpc) is 3.37. The van der Waals surface area contributed by atoms with Crippen molar-refractivity contribution in [1.82, 2.24) is 14.6 Å². The van der Waals surface area contributed by atoms with Crippen molar-refractivity contribution in [3.8, 4) is 0 Å². The molecule has 3 heterocycles. The molecule has 1 fully saturated rings. The highest BCUT2D eigenvalue weighted by molar-refractivity contribution is 7.59. The van der Waals surface area contributed by atoms with Gasteiger partial charge in [-0.2, -0.15) is 23.1 Å².